The van der Waals surface area contributed by atoms with Crippen LogP contribution in [0.5, 0.6) is 0 Å². The van der Waals surface area contributed by atoms with E-state index < -0.39 is 12.7 Å². The van der Waals surface area contributed by atoms with Crippen LogP contribution < -0.4 is 10.6 Å². The van der Waals surface area contributed by atoms with Gasteiger partial charge in [-0.25, -0.2) is 4.39 Å². The molecule has 0 aliphatic carbocycles. The first-order valence-corrected chi connectivity index (χ1v) is 6.42. The van der Waals surface area contributed by atoms with E-state index in [1.54, 1.807) is 12.1 Å². The molecule has 1 aliphatic heterocycles. The van der Waals surface area contributed by atoms with Crippen molar-refractivity contribution in [2.24, 2.45) is 5.73 Å². The van der Waals surface area contributed by atoms with Crippen LogP contribution in [-0.4, -0.2) is 43.8 Å². The first kappa shape index (κ1) is 15.1. The number of halogens is 4. The van der Waals surface area contributed by atoms with E-state index in [1.807, 2.05) is 4.90 Å². The second kappa shape index (κ2) is 5.97. The van der Waals surface area contributed by atoms with Gasteiger partial charge in [0, 0.05) is 44.0 Å². The molecule has 3 nitrogen and oxygen atoms in total. The Morgan fingerprint density at radius 1 is 1.10 bits per heavy atom. The van der Waals surface area contributed by atoms with Crippen molar-refractivity contribution in [3.8, 4) is 0 Å². The molecule has 1 heterocycles. The minimum absolute atomic E-state index is 0.0742. The Hall–Kier alpha value is -1.34. The largest absolute Gasteiger partial charge is 0.401 e. The number of hydrogen-bond donors (Lipinski definition) is 1. The summed E-state index contributed by atoms with van der Waals surface area (Å²) in [4.78, 5) is 3.25. The summed E-state index contributed by atoms with van der Waals surface area (Å²) in [5.74, 6) is -0.372. The van der Waals surface area contributed by atoms with E-state index in [0.717, 1.165) is 0 Å². The average molecular weight is 291 g/mol. The molecule has 112 valence electrons. The lowest BCUT2D eigenvalue weighted by molar-refractivity contribution is -0.146. The number of rotatable bonds is 3. The zero-order chi connectivity index (χ0) is 14.8. The van der Waals surface area contributed by atoms with E-state index >= 15 is 0 Å². The van der Waals surface area contributed by atoms with Crippen LogP contribution in [0, 0.1) is 5.82 Å². The molecule has 2 rings (SSSR count). The highest BCUT2D eigenvalue weighted by Crippen LogP contribution is 2.25. The van der Waals surface area contributed by atoms with E-state index in [-0.39, 0.29) is 12.4 Å². The number of nitrogens with zero attached hydrogens (tertiary/aromatic N) is 2. The molecule has 1 fully saturated rings. The summed E-state index contributed by atoms with van der Waals surface area (Å²) in [6, 6.07) is 4.68. The van der Waals surface area contributed by atoms with Crippen LogP contribution in [0.3, 0.4) is 0 Å². The SMILES string of the molecule is NCc1c(F)cccc1N1CCN(CC(F)(F)F)CC1. The fourth-order valence-electron chi connectivity index (χ4n) is 2.45. The van der Waals surface area contributed by atoms with Crippen molar-refractivity contribution >= 4 is 5.69 Å². The molecule has 20 heavy (non-hydrogen) atoms. The summed E-state index contributed by atoms with van der Waals surface area (Å²) in [5.41, 5.74) is 6.64. The van der Waals surface area contributed by atoms with Gasteiger partial charge in [-0.3, -0.25) is 4.90 Å². The average Bonchev–Trinajstić information content (AvgIpc) is 2.37. The molecule has 2 N–H and O–H groups in total. The predicted molar refractivity (Wildman–Crippen MR) is 69.0 cm³/mol. The lowest BCUT2D eigenvalue weighted by Crippen LogP contribution is -2.49. The Kier molecular flexibility index (Phi) is 4.49. The van der Waals surface area contributed by atoms with E-state index in [2.05, 4.69) is 0 Å². The number of nitrogens with two attached hydrogens (primary N) is 1. The van der Waals surface area contributed by atoms with E-state index in [4.69, 9.17) is 5.73 Å². The van der Waals surface area contributed by atoms with Crippen LogP contribution in [0.25, 0.3) is 0 Å². The van der Waals surface area contributed by atoms with Crippen LogP contribution >= 0.6 is 0 Å². The molecule has 0 aromatic heterocycles. The van der Waals surface area contributed by atoms with Gasteiger partial charge < -0.3 is 10.6 Å². The Morgan fingerprint density at radius 3 is 2.30 bits per heavy atom. The maximum Gasteiger partial charge on any atom is 0.401 e. The molecule has 1 aromatic carbocycles. The molecule has 0 amide bonds. The van der Waals surface area contributed by atoms with Crippen LogP contribution in [0.4, 0.5) is 23.2 Å². The van der Waals surface area contributed by atoms with Gasteiger partial charge in [-0.1, -0.05) is 6.07 Å². The molecule has 1 aromatic rings. The van der Waals surface area contributed by atoms with Crippen molar-refractivity contribution in [1.82, 2.24) is 4.90 Å². The number of alkyl halides is 3. The second-order valence-electron chi connectivity index (χ2n) is 4.82. The van der Waals surface area contributed by atoms with Gasteiger partial charge in [0.05, 0.1) is 6.54 Å². The van der Waals surface area contributed by atoms with Gasteiger partial charge in [0.2, 0.25) is 0 Å². The Bertz CT molecular complexity index is 453. The zero-order valence-electron chi connectivity index (χ0n) is 11.0. The molecule has 0 spiro atoms. The first-order valence-electron chi connectivity index (χ1n) is 6.42. The van der Waals surface area contributed by atoms with Crippen LogP contribution in [-0.2, 0) is 6.54 Å². The lowest BCUT2D eigenvalue weighted by Gasteiger charge is -2.37. The smallest absolute Gasteiger partial charge is 0.369 e. The van der Waals surface area contributed by atoms with Gasteiger partial charge in [-0.15, -0.1) is 0 Å². The van der Waals surface area contributed by atoms with E-state index in [0.29, 0.717) is 37.4 Å². The number of anilines is 1. The maximum atomic E-state index is 13.6. The molecular weight excluding hydrogens is 274 g/mol. The predicted octanol–water partition coefficient (Wildman–Crippen LogP) is 1.97. The first-order chi connectivity index (χ1) is 9.40. The highest BCUT2D eigenvalue weighted by Gasteiger charge is 2.32. The quantitative estimate of drug-likeness (QED) is 0.864. The zero-order valence-corrected chi connectivity index (χ0v) is 11.0. The summed E-state index contributed by atoms with van der Waals surface area (Å²) in [6.07, 6.45) is -4.18. The second-order valence-corrected chi connectivity index (χ2v) is 4.82. The van der Waals surface area contributed by atoms with E-state index in [9.17, 15) is 17.6 Å². The molecule has 1 aliphatic rings. The van der Waals surface area contributed by atoms with Gasteiger partial charge in [0.25, 0.3) is 0 Å². The third-order valence-corrected chi connectivity index (χ3v) is 3.41. The Labute approximate surface area is 115 Å². The minimum Gasteiger partial charge on any atom is -0.369 e. The number of hydrogen-bond acceptors (Lipinski definition) is 3. The summed E-state index contributed by atoms with van der Waals surface area (Å²) in [6.45, 7) is 0.664. The molecule has 0 radical (unpaired) electrons. The fraction of sp³-hybridized carbons (Fsp3) is 0.538. The van der Waals surface area contributed by atoms with Gasteiger partial charge in [0.15, 0.2) is 0 Å². The summed E-state index contributed by atoms with van der Waals surface area (Å²) >= 11 is 0. The van der Waals surface area contributed by atoms with Crippen LogP contribution in [0.15, 0.2) is 18.2 Å². The van der Waals surface area contributed by atoms with Crippen molar-refractivity contribution in [3.63, 3.8) is 0 Å². The van der Waals surface area contributed by atoms with Gasteiger partial charge >= 0.3 is 6.18 Å². The molecule has 7 heteroatoms. The summed E-state index contributed by atoms with van der Waals surface area (Å²) in [5, 5.41) is 0. The number of piperazine rings is 1. The van der Waals surface area contributed by atoms with Gasteiger partial charge in [-0.2, -0.15) is 13.2 Å². The molecule has 0 unspecified atom stereocenters. The van der Waals surface area contributed by atoms with Crippen molar-refractivity contribution in [3.05, 3.63) is 29.6 Å². The fourth-order valence-corrected chi connectivity index (χ4v) is 2.45. The maximum absolute atomic E-state index is 13.6. The molecule has 1 saturated heterocycles. The van der Waals surface area contributed by atoms with Crippen LogP contribution in [0.1, 0.15) is 5.56 Å². The van der Waals surface area contributed by atoms with Crippen molar-refractivity contribution in [1.29, 1.82) is 0 Å². The monoisotopic (exact) mass is 291 g/mol. The lowest BCUT2D eigenvalue weighted by atomic mass is 10.1. The third-order valence-electron chi connectivity index (χ3n) is 3.41. The summed E-state index contributed by atoms with van der Waals surface area (Å²) < 4.78 is 50.6. The third kappa shape index (κ3) is 3.61. The van der Waals surface area contributed by atoms with Crippen molar-refractivity contribution < 1.29 is 17.6 Å². The highest BCUT2D eigenvalue weighted by molar-refractivity contribution is 5.54. The highest BCUT2D eigenvalue weighted by atomic mass is 19.4. The molecular formula is C13H17F4N3. The normalized spacial score (nSPS) is 17.6. The topological polar surface area (TPSA) is 32.5 Å². The van der Waals surface area contributed by atoms with Gasteiger partial charge in [0.1, 0.15) is 5.82 Å². The molecule has 0 saturated carbocycles. The molecule has 0 bridgehead atoms. The summed E-state index contributed by atoms with van der Waals surface area (Å²) in [7, 11) is 0. The standard InChI is InChI=1S/C13H17F4N3/c14-11-2-1-3-12(10(11)8-18)20-6-4-19(5-7-20)9-13(15,16)17/h1-3H,4-9,18H2. The van der Waals surface area contributed by atoms with Crippen molar-refractivity contribution in [2.45, 2.75) is 12.7 Å². The Morgan fingerprint density at radius 2 is 1.75 bits per heavy atom. The Balaban J connectivity index is 2.02. The number of benzene rings is 1. The molecule has 0 atom stereocenters. The van der Waals surface area contributed by atoms with Gasteiger partial charge in [-0.05, 0) is 12.1 Å². The van der Waals surface area contributed by atoms with E-state index in [1.165, 1.54) is 11.0 Å². The van der Waals surface area contributed by atoms with Crippen molar-refractivity contribution in [2.75, 3.05) is 37.6 Å². The minimum atomic E-state index is -4.18. The van der Waals surface area contributed by atoms with Crippen LogP contribution in [0.2, 0.25) is 0 Å².